The maximum Gasteiger partial charge on any atom is 0.142 e. The van der Waals surface area contributed by atoms with Crippen molar-refractivity contribution >= 4 is 27.5 Å². The summed E-state index contributed by atoms with van der Waals surface area (Å²) in [5, 5.41) is 3.22. The minimum atomic E-state index is -0.447. The number of rotatable bonds is 4. The standard InChI is InChI=1S/C15H13BrClF2N/c1-20-14(10-3-2-4-12(18)15(10)16)8-9-5-6-11(17)13(19)7-9/h2-7,14,20H,8H2,1H3. The van der Waals surface area contributed by atoms with Gasteiger partial charge < -0.3 is 5.32 Å². The van der Waals surface area contributed by atoms with E-state index in [0.717, 1.165) is 11.1 Å². The monoisotopic (exact) mass is 359 g/mol. The van der Waals surface area contributed by atoms with Gasteiger partial charge in [-0.25, -0.2) is 8.78 Å². The summed E-state index contributed by atoms with van der Waals surface area (Å²) in [5.41, 5.74) is 1.59. The number of halogens is 4. The fourth-order valence-corrected chi connectivity index (χ4v) is 2.72. The van der Waals surface area contributed by atoms with Crippen LogP contribution in [0.1, 0.15) is 17.2 Å². The molecular weight excluding hydrogens is 348 g/mol. The van der Waals surface area contributed by atoms with Gasteiger partial charge in [0.25, 0.3) is 0 Å². The lowest BCUT2D eigenvalue weighted by molar-refractivity contribution is 0.567. The molecule has 1 nitrogen and oxygen atoms in total. The molecule has 0 aliphatic heterocycles. The lowest BCUT2D eigenvalue weighted by Crippen LogP contribution is -2.19. The third-order valence-electron chi connectivity index (χ3n) is 3.13. The Hall–Kier alpha value is -0.970. The Balaban J connectivity index is 2.28. The van der Waals surface area contributed by atoms with Crippen molar-refractivity contribution < 1.29 is 8.78 Å². The Morgan fingerprint density at radius 1 is 1.20 bits per heavy atom. The van der Waals surface area contributed by atoms with Crippen LogP contribution in [0.4, 0.5) is 8.78 Å². The van der Waals surface area contributed by atoms with Crippen LogP contribution in [0.2, 0.25) is 5.02 Å². The fraction of sp³-hybridized carbons (Fsp3) is 0.200. The van der Waals surface area contributed by atoms with E-state index in [9.17, 15) is 8.78 Å². The lowest BCUT2D eigenvalue weighted by Gasteiger charge is -2.18. The molecule has 1 unspecified atom stereocenters. The molecule has 0 saturated carbocycles. The maximum absolute atomic E-state index is 13.6. The highest BCUT2D eigenvalue weighted by atomic mass is 79.9. The van der Waals surface area contributed by atoms with E-state index in [1.165, 1.54) is 18.2 Å². The predicted molar refractivity (Wildman–Crippen MR) is 81.0 cm³/mol. The van der Waals surface area contributed by atoms with Crippen LogP contribution in [0.25, 0.3) is 0 Å². The van der Waals surface area contributed by atoms with Crippen molar-refractivity contribution in [2.24, 2.45) is 0 Å². The molecule has 0 radical (unpaired) electrons. The topological polar surface area (TPSA) is 12.0 Å². The van der Waals surface area contributed by atoms with Gasteiger partial charge >= 0.3 is 0 Å². The highest BCUT2D eigenvalue weighted by Crippen LogP contribution is 2.28. The van der Waals surface area contributed by atoms with Gasteiger partial charge in [-0.05, 0) is 58.7 Å². The van der Waals surface area contributed by atoms with E-state index in [1.54, 1.807) is 19.2 Å². The van der Waals surface area contributed by atoms with Gasteiger partial charge in [0.05, 0.1) is 9.50 Å². The van der Waals surface area contributed by atoms with Gasteiger partial charge in [0.2, 0.25) is 0 Å². The molecule has 0 bridgehead atoms. The van der Waals surface area contributed by atoms with Gasteiger partial charge in [0.1, 0.15) is 11.6 Å². The second-order valence-corrected chi connectivity index (χ2v) is 5.64. The molecule has 5 heteroatoms. The Morgan fingerprint density at radius 2 is 1.95 bits per heavy atom. The summed E-state index contributed by atoms with van der Waals surface area (Å²) in [6.07, 6.45) is 0.534. The summed E-state index contributed by atoms with van der Waals surface area (Å²) in [4.78, 5) is 0. The number of hydrogen-bond donors (Lipinski definition) is 1. The van der Waals surface area contributed by atoms with Crippen LogP contribution in [0.5, 0.6) is 0 Å². The van der Waals surface area contributed by atoms with Gasteiger partial charge in [-0.3, -0.25) is 0 Å². The van der Waals surface area contributed by atoms with E-state index in [4.69, 9.17) is 11.6 Å². The predicted octanol–water partition coefficient (Wildman–Crippen LogP) is 4.88. The quantitative estimate of drug-likeness (QED) is 0.819. The second kappa shape index (κ2) is 6.66. The smallest absolute Gasteiger partial charge is 0.142 e. The van der Waals surface area contributed by atoms with Gasteiger partial charge in [-0.1, -0.05) is 29.8 Å². The molecule has 2 aromatic rings. The Bertz CT molecular complexity index is 619. The normalized spacial score (nSPS) is 12.4. The van der Waals surface area contributed by atoms with Crippen LogP contribution in [-0.4, -0.2) is 7.05 Å². The molecule has 0 amide bonds. The number of likely N-dealkylation sites (N-methyl/N-ethyl adjacent to an activating group) is 1. The van der Waals surface area contributed by atoms with Crippen LogP contribution in [0.3, 0.4) is 0 Å². The summed E-state index contributed by atoms with van der Waals surface area (Å²) < 4.78 is 27.5. The first-order valence-electron chi connectivity index (χ1n) is 6.08. The number of benzene rings is 2. The fourth-order valence-electron chi connectivity index (χ4n) is 2.06. The van der Waals surface area contributed by atoms with Gasteiger partial charge in [-0.15, -0.1) is 0 Å². The van der Waals surface area contributed by atoms with Crippen LogP contribution in [0.15, 0.2) is 40.9 Å². The van der Waals surface area contributed by atoms with Crippen molar-refractivity contribution in [2.45, 2.75) is 12.5 Å². The summed E-state index contributed by atoms with van der Waals surface area (Å²) >= 11 is 8.92. The summed E-state index contributed by atoms with van der Waals surface area (Å²) in [7, 11) is 1.79. The molecule has 1 N–H and O–H groups in total. The van der Waals surface area contributed by atoms with Crippen molar-refractivity contribution in [3.63, 3.8) is 0 Å². The third kappa shape index (κ3) is 3.37. The summed E-state index contributed by atoms with van der Waals surface area (Å²) in [6, 6.07) is 9.45. The van der Waals surface area contributed by atoms with Gasteiger partial charge in [-0.2, -0.15) is 0 Å². The molecule has 1 atom stereocenters. The van der Waals surface area contributed by atoms with Gasteiger partial charge in [0, 0.05) is 6.04 Å². The van der Waals surface area contributed by atoms with E-state index in [-0.39, 0.29) is 16.9 Å². The van der Waals surface area contributed by atoms with Crippen molar-refractivity contribution in [3.05, 3.63) is 68.7 Å². The molecule has 106 valence electrons. The highest BCUT2D eigenvalue weighted by Gasteiger charge is 2.16. The van der Waals surface area contributed by atoms with Crippen LogP contribution < -0.4 is 5.32 Å². The van der Waals surface area contributed by atoms with E-state index >= 15 is 0 Å². The van der Waals surface area contributed by atoms with E-state index in [0.29, 0.717) is 10.9 Å². The molecule has 0 heterocycles. The van der Waals surface area contributed by atoms with Crippen LogP contribution in [0, 0.1) is 11.6 Å². The molecule has 0 aliphatic carbocycles. The van der Waals surface area contributed by atoms with Crippen molar-refractivity contribution in [2.75, 3.05) is 7.05 Å². The number of hydrogen-bond acceptors (Lipinski definition) is 1. The number of nitrogens with one attached hydrogen (secondary N) is 1. The van der Waals surface area contributed by atoms with Crippen molar-refractivity contribution in [3.8, 4) is 0 Å². The maximum atomic E-state index is 13.6. The van der Waals surface area contributed by atoms with E-state index in [1.807, 2.05) is 6.07 Å². The molecule has 2 aromatic carbocycles. The van der Waals surface area contributed by atoms with Crippen LogP contribution >= 0.6 is 27.5 Å². The summed E-state index contributed by atoms with van der Waals surface area (Å²) in [5.74, 6) is -0.762. The molecule has 2 rings (SSSR count). The second-order valence-electron chi connectivity index (χ2n) is 4.44. The zero-order chi connectivity index (χ0) is 14.7. The van der Waals surface area contributed by atoms with Crippen molar-refractivity contribution in [1.82, 2.24) is 5.32 Å². The molecule has 0 aromatic heterocycles. The first kappa shape index (κ1) is 15.4. The molecular formula is C15H13BrClF2N. The molecule has 0 spiro atoms. The molecule has 0 aliphatic rings. The molecule has 0 saturated heterocycles. The Morgan fingerprint density at radius 3 is 2.60 bits per heavy atom. The summed E-state index contributed by atoms with van der Waals surface area (Å²) in [6.45, 7) is 0. The average molecular weight is 361 g/mol. The lowest BCUT2D eigenvalue weighted by atomic mass is 9.99. The van der Waals surface area contributed by atoms with Crippen LogP contribution in [-0.2, 0) is 6.42 Å². The zero-order valence-corrected chi connectivity index (χ0v) is 13.1. The minimum absolute atomic E-state index is 0.0988. The largest absolute Gasteiger partial charge is 0.313 e. The van der Waals surface area contributed by atoms with Crippen molar-refractivity contribution in [1.29, 1.82) is 0 Å². The zero-order valence-electron chi connectivity index (χ0n) is 10.8. The third-order valence-corrected chi connectivity index (χ3v) is 4.27. The van der Waals surface area contributed by atoms with Gasteiger partial charge in [0.15, 0.2) is 0 Å². The minimum Gasteiger partial charge on any atom is -0.313 e. The highest BCUT2D eigenvalue weighted by molar-refractivity contribution is 9.10. The molecule has 0 fully saturated rings. The average Bonchev–Trinajstić information content (AvgIpc) is 2.43. The molecule has 20 heavy (non-hydrogen) atoms. The first-order valence-corrected chi connectivity index (χ1v) is 7.25. The first-order chi connectivity index (χ1) is 9.52. The van der Waals surface area contributed by atoms with E-state index < -0.39 is 5.82 Å². The Labute approximate surface area is 130 Å². The van der Waals surface area contributed by atoms with E-state index in [2.05, 4.69) is 21.2 Å². The SMILES string of the molecule is CNC(Cc1ccc(Cl)c(F)c1)c1cccc(F)c1Br. The Kier molecular flexibility index (Phi) is 5.13.